The van der Waals surface area contributed by atoms with E-state index in [2.05, 4.69) is 0 Å². The van der Waals surface area contributed by atoms with Crippen LogP contribution in [0.25, 0.3) is 0 Å². The molecule has 0 heterocycles. The summed E-state index contributed by atoms with van der Waals surface area (Å²) in [6, 6.07) is 5.48. The predicted octanol–water partition coefficient (Wildman–Crippen LogP) is 1.85. The van der Waals surface area contributed by atoms with Gasteiger partial charge in [-0.3, -0.25) is 4.79 Å². The first-order chi connectivity index (χ1) is 7.36. The summed E-state index contributed by atoms with van der Waals surface area (Å²) in [7, 11) is 0. The molecule has 0 saturated heterocycles. The number of carbonyl (C=O) groups is 3. The minimum atomic E-state index is -1.23. The van der Waals surface area contributed by atoms with E-state index in [9.17, 15) is 9.59 Å². The molecule has 0 spiro atoms. The van der Waals surface area contributed by atoms with Crippen molar-refractivity contribution in [2.24, 2.45) is 0 Å². The second kappa shape index (κ2) is 6.18. The standard InChI is InChI=1S/C8H6O4.C2H4O2/c9-7(10)5-3-1-2-4-6(5)8(11)12;1-2(3)4/h1-4H,(H,9,10)(H,11,12);1H3,(H,3,4)/p+6. The molecular formula is C10H16O6+6. The first-order valence-electron chi connectivity index (χ1n) is 4.11. The van der Waals surface area contributed by atoms with Crippen molar-refractivity contribution >= 4 is 17.9 Å². The summed E-state index contributed by atoms with van der Waals surface area (Å²) in [5, 5.41) is 24.5. The highest BCUT2D eigenvalue weighted by atomic mass is 16.4. The Kier molecular flexibility index (Phi) is 5.26. The summed E-state index contributed by atoms with van der Waals surface area (Å²) in [6.07, 6.45) is 0. The highest BCUT2D eigenvalue weighted by Crippen LogP contribution is 2.07. The van der Waals surface area contributed by atoms with Crippen molar-refractivity contribution in [2.75, 3.05) is 0 Å². The van der Waals surface area contributed by atoms with E-state index in [1.807, 2.05) is 0 Å². The summed E-state index contributed by atoms with van der Waals surface area (Å²) >= 11 is 0. The van der Waals surface area contributed by atoms with Crippen LogP contribution < -0.4 is 0 Å². The van der Waals surface area contributed by atoms with Crippen LogP contribution in [0.2, 0.25) is 0 Å². The Labute approximate surface area is 99.7 Å². The molecule has 0 aliphatic carbocycles. The highest BCUT2D eigenvalue weighted by molar-refractivity contribution is 6.01. The minimum Gasteiger partial charge on any atom is -0.481 e. The van der Waals surface area contributed by atoms with Gasteiger partial charge < -0.3 is 15.3 Å². The van der Waals surface area contributed by atoms with Gasteiger partial charge in [0.25, 0.3) is 5.97 Å². The van der Waals surface area contributed by atoms with Crippen molar-refractivity contribution in [1.29, 1.82) is 0 Å². The lowest BCUT2D eigenvalue weighted by Crippen LogP contribution is -2.06. The zero-order chi connectivity index (χ0) is 12.7. The van der Waals surface area contributed by atoms with Gasteiger partial charge in [-0.1, -0.05) is 12.1 Å². The maximum Gasteiger partial charge on any atom is 1.00 e. The molecular weight excluding hydrogens is 216 g/mol. The van der Waals surface area contributed by atoms with Crippen molar-refractivity contribution in [2.45, 2.75) is 6.92 Å². The van der Waals surface area contributed by atoms with Gasteiger partial charge in [-0.15, -0.1) is 0 Å². The van der Waals surface area contributed by atoms with Crippen molar-refractivity contribution in [3.05, 3.63) is 35.4 Å². The fourth-order valence-electron chi connectivity index (χ4n) is 0.856. The van der Waals surface area contributed by atoms with Gasteiger partial charge in [0.2, 0.25) is 0 Å². The third-order valence-corrected chi connectivity index (χ3v) is 1.39. The van der Waals surface area contributed by atoms with E-state index in [0.29, 0.717) is 0 Å². The number of rotatable bonds is 2. The molecule has 0 radical (unpaired) electrons. The molecule has 1 aromatic rings. The average molecular weight is 232 g/mol. The average Bonchev–Trinajstić information content (AvgIpc) is 2.16. The number of aromatic carboxylic acids is 2. The summed E-state index contributed by atoms with van der Waals surface area (Å²) in [5.74, 6) is -3.29. The number of hydrogen-bond donors (Lipinski definition) is 3. The largest absolute Gasteiger partial charge is 1.00 e. The maximum absolute atomic E-state index is 10.5. The molecule has 0 aliphatic heterocycles. The number of aliphatic carboxylic acids is 1. The normalized spacial score (nSPS) is 8.56. The van der Waals surface area contributed by atoms with Crippen LogP contribution in [0.15, 0.2) is 24.3 Å². The smallest absolute Gasteiger partial charge is 0.481 e. The van der Waals surface area contributed by atoms with E-state index in [-0.39, 0.29) is 19.7 Å². The molecule has 6 heteroatoms. The maximum atomic E-state index is 10.5. The fraction of sp³-hybridized carbons (Fsp3) is 0.100. The van der Waals surface area contributed by atoms with Gasteiger partial charge in [0.05, 0.1) is 11.1 Å². The topological polar surface area (TPSA) is 112 Å². The van der Waals surface area contributed by atoms with Gasteiger partial charge in [-0.05, 0) is 12.1 Å². The second-order valence-electron chi connectivity index (χ2n) is 2.67. The van der Waals surface area contributed by atoms with Crippen LogP contribution in [-0.2, 0) is 4.79 Å². The van der Waals surface area contributed by atoms with Gasteiger partial charge in [0.1, 0.15) is 0 Å². The Morgan fingerprint density at radius 2 is 1.19 bits per heavy atom. The fourth-order valence-corrected chi connectivity index (χ4v) is 0.856. The van der Waals surface area contributed by atoms with Gasteiger partial charge in [-0.25, -0.2) is 9.59 Å². The Balaban J connectivity index is -0.0000000410. The van der Waals surface area contributed by atoms with Crippen LogP contribution in [0.3, 0.4) is 0 Å². The molecule has 1 aromatic carbocycles. The van der Waals surface area contributed by atoms with Gasteiger partial charge in [0, 0.05) is 6.92 Å². The van der Waals surface area contributed by atoms with E-state index < -0.39 is 17.9 Å². The zero-order valence-electron chi connectivity index (χ0n) is 14.4. The van der Waals surface area contributed by atoms with Crippen LogP contribution in [0.4, 0.5) is 0 Å². The summed E-state index contributed by atoms with van der Waals surface area (Å²) in [4.78, 5) is 29.9. The number of carboxylic acids is 3. The molecule has 0 amide bonds. The molecule has 0 aromatic heterocycles. The first kappa shape index (κ1) is 13.6. The van der Waals surface area contributed by atoms with Crippen molar-refractivity contribution < 1.29 is 38.3 Å². The molecule has 86 valence electrons. The Hall–Kier alpha value is -2.37. The molecule has 0 saturated carbocycles. The second-order valence-corrected chi connectivity index (χ2v) is 2.67. The van der Waals surface area contributed by atoms with Crippen LogP contribution in [-0.4, -0.2) is 33.2 Å². The zero-order valence-corrected chi connectivity index (χ0v) is 8.38. The summed E-state index contributed by atoms with van der Waals surface area (Å²) < 4.78 is 0. The van der Waals surface area contributed by atoms with E-state index in [1.54, 1.807) is 0 Å². The van der Waals surface area contributed by atoms with E-state index in [0.717, 1.165) is 6.92 Å². The van der Waals surface area contributed by atoms with Crippen LogP contribution >= 0.6 is 0 Å². The lowest BCUT2D eigenvalue weighted by Gasteiger charge is -1.98. The Morgan fingerprint density at radius 1 is 0.938 bits per heavy atom. The Morgan fingerprint density at radius 3 is 1.38 bits per heavy atom. The lowest BCUT2D eigenvalue weighted by molar-refractivity contribution is -0.134. The van der Waals surface area contributed by atoms with Crippen molar-refractivity contribution in [3.63, 3.8) is 0 Å². The predicted molar refractivity (Wildman–Crippen MR) is 60.3 cm³/mol. The van der Waals surface area contributed by atoms with Crippen molar-refractivity contribution in [1.82, 2.24) is 0 Å². The van der Waals surface area contributed by atoms with Gasteiger partial charge in [0.15, 0.2) is 0 Å². The SMILES string of the molecule is CC(=O)O.O=C(O)c1ccccc1C(=O)O.[H+].[H+].[H+].[H+].[H+].[H+]. The van der Waals surface area contributed by atoms with Gasteiger partial charge >= 0.3 is 20.5 Å². The molecule has 0 bridgehead atoms. The third-order valence-electron chi connectivity index (χ3n) is 1.39. The van der Waals surface area contributed by atoms with Crippen LogP contribution in [0.1, 0.15) is 36.2 Å². The third kappa shape index (κ3) is 4.75. The Bertz CT molecular complexity index is 391. The molecule has 0 atom stereocenters. The molecule has 16 heavy (non-hydrogen) atoms. The summed E-state index contributed by atoms with van der Waals surface area (Å²) in [6.45, 7) is 1.08. The molecule has 1 rings (SSSR count). The van der Waals surface area contributed by atoms with Crippen LogP contribution in [0.5, 0.6) is 0 Å². The molecule has 0 fully saturated rings. The molecule has 0 aliphatic rings. The summed E-state index contributed by atoms with van der Waals surface area (Å²) in [5.41, 5.74) is -0.380. The number of hydrogen-bond acceptors (Lipinski definition) is 3. The molecule has 6 nitrogen and oxygen atoms in total. The van der Waals surface area contributed by atoms with E-state index >= 15 is 0 Å². The van der Waals surface area contributed by atoms with Gasteiger partial charge in [-0.2, -0.15) is 0 Å². The highest BCUT2D eigenvalue weighted by Gasteiger charge is 2.13. The lowest BCUT2D eigenvalue weighted by atomic mass is 10.1. The molecule has 3 N–H and O–H groups in total. The van der Waals surface area contributed by atoms with E-state index in [1.165, 1.54) is 24.3 Å². The first-order valence-corrected chi connectivity index (χ1v) is 4.11. The number of carboxylic acid groups (broad SMARTS) is 3. The monoisotopic (exact) mass is 232 g/mol. The number of benzene rings is 1. The quantitative estimate of drug-likeness (QED) is 0.717. The van der Waals surface area contributed by atoms with Crippen molar-refractivity contribution in [3.8, 4) is 0 Å². The van der Waals surface area contributed by atoms with Crippen LogP contribution in [0, 0.1) is 0 Å². The minimum absolute atomic E-state index is 0. The molecule has 0 unspecified atom stereocenters. The van der Waals surface area contributed by atoms with E-state index in [4.69, 9.17) is 20.1 Å².